The molecule has 5 heteroatoms. The molecule has 0 saturated heterocycles. The Kier molecular flexibility index (Phi) is 11.7. The highest BCUT2D eigenvalue weighted by Crippen LogP contribution is 1.80. The van der Waals surface area contributed by atoms with Crippen LogP contribution in [0, 0.1) is 5.15 Å². The van der Waals surface area contributed by atoms with Crippen molar-refractivity contribution < 1.29 is 10.9 Å². The number of hydrogen-bond acceptors (Lipinski definition) is 3. The fourth-order valence-electron chi connectivity index (χ4n) is 0.434. The van der Waals surface area contributed by atoms with Crippen LogP contribution in [-0.4, -0.2) is 26.2 Å². The SMILES string of the molecule is CCOCCC(=O)NC.[2H]N=P. The maximum absolute atomic E-state index is 10.5. The minimum atomic E-state index is 0.0310. The van der Waals surface area contributed by atoms with Crippen LogP contribution in [0.25, 0.3) is 0 Å². The van der Waals surface area contributed by atoms with Crippen LogP contribution in [-0.2, 0) is 9.53 Å². The smallest absolute Gasteiger partial charge is 0.222 e. The summed E-state index contributed by atoms with van der Waals surface area (Å²) in [5.74, 6) is 0.0310. The minimum absolute atomic E-state index is 0.0310. The van der Waals surface area contributed by atoms with Gasteiger partial charge in [-0.05, 0) is 16.0 Å². The summed E-state index contributed by atoms with van der Waals surface area (Å²) in [6.45, 7) is 3.11. The molecular formula is C6H15N2O2P. The molecule has 0 aromatic heterocycles. The van der Waals surface area contributed by atoms with Crippen LogP contribution < -0.4 is 5.32 Å². The van der Waals surface area contributed by atoms with Gasteiger partial charge in [0.05, 0.1) is 6.61 Å². The van der Waals surface area contributed by atoms with E-state index in [0.717, 1.165) is 0 Å². The number of amides is 1. The number of nitrogens with one attached hydrogen (secondary N) is 2. The molecular weight excluding hydrogens is 163 g/mol. The fraction of sp³-hybridized carbons (Fsp3) is 0.833. The van der Waals surface area contributed by atoms with Crippen LogP contribution in [0.2, 0.25) is 1.41 Å². The summed E-state index contributed by atoms with van der Waals surface area (Å²) in [6.07, 6.45) is 0.463. The predicted octanol–water partition coefficient (Wildman–Crippen LogP) is 1.05. The average Bonchev–Trinajstić information content (AvgIpc) is 2.06. The molecule has 0 heterocycles. The van der Waals surface area contributed by atoms with E-state index in [4.69, 9.17) is 6.15 Å². The fourth-order valence-corrected chi connectivity index (χ4v) is 0.434. The first-order valence-electron chi connectivity index (χ1n) is 3.76. The summed E-state index contributed by atoms with van der Waals surface area (Å²) >= 11 is 0. The maximum Gasteiger partial charge on any atom is 0.222 e. The molecule has 0 fully saturated rings. The molecule has 0 spiro atoms. The van der Waals surface area contributed by atoms with E-state index >= 15 is 0 Å². The van der Waals surface area contributed by atoms with E-state index in [-0.39, 0.29) is 5.91 Å². The second-order valence-electron chi connectivity index (χ2n) is 1.62. The van der Waals surface area contributed by atoms with E-state index in [0.29, 0.717) is 19.6 Å². The number of hydrogen-bond donors (Lipinski definition) is 2. The van der Waals surface area contributed by atoms with E-state index in [1.54, 1.807) is 7.05 Å². The molecule has 0 rings (SSSR count). The monoisotopic (exact) mass is 179 g/mol. The maximum atomic E-state index is 10.5. The van der Waals surface area contributed by atoms with Crippen molar-refractivity contribution in [2.45, 2.75) is 13.3 Å². The summed E-state index contributed by atoms with van der Waals surface area (Å²) < 4.78 is 10.7. The van der Waals surface area contributed by atoms with E-state index in [9.17, 15) is 4.79 Å². The molecule has 0 aromatic rings. The summed E-state index contributed by atoms with van der Waals surface area (Å²) in [5.41, 5.74) is 0. The van der Waals surface area contributed by atoms with Crippen LogP contribution in [0.3, 0.4) is 0 Å². The Bertz CT molecular complexity index is 124. The van der Waals surface area contributed by atoms with Gasteiger partial charge in [-0.3, -0.25) is 9.95 Å². The highest BCUT2D eigenvalue weighted by molar-refractivity contribution is 7.02. The summed E-state index contributed by atoms with van der Waals surface area (Å²) in [4.78, 5) is 10.5. The molecule has 66 valence electrons. The quantitative estimate of drug-likeness (QED) is 0.500. The number of rotatable bonds is 4. The van der Waals surface area contributed by atoms with Crippen LogP contribution in [0.15, 0.2) is 0 Å². The first kappa shape index (κ1) is 10.5. The number of carbonyl (C=O) groups excluding carboxylic acids is 1. The van der Waals surface area contributed by atoms with Crippen molar-refractivity contribution in [2.75, 3.05) is 20.3 Å². The summed E-state index contributed by atoms with van der Waals surface area (Å²) in [5, 5.41) is 5.06. The third-order valence-corrected chi connectivity index (χ3v) is 0.956. The van der Waals surface area contributed by atoms with Crippen molar-refractivity contribution in [3.05, 3.63) is 0 Å². The Hall–Kier alpha value is -0.470. The van der Waals surface area contributed by atoms with Crippen molar-refractivity contribution >= 4 is 14.9 Å². The van der Waals surface area contributed by atoms with Gasteiger partial charge in [0.15, 0.2) is 1.41 Å². The van der Waals surface area contributed by atoms with Crippen molar-refractivity contribution in [2.24, 2.45) is 0 Å². The molecule has 0 aliphatic carbocycles. The van der Waals surface area contributed by atoms with Crippen LogP contribution in [0.1, 0.15) is 13.3 Å². The molecule has 0 saturated carbocycles. The Morgan fingerprint density at radius 2 is 2.45 bits per heavy atom. The Labute approximate surface area is 70.9 Å². The highest BCUT2D eigenvalue weighted by Gasteiger charge is 1.94. The topological polar surface area (TPSA) is 62.2 Å². The lowest BCUT2D eigenvalue weighted by Crippen LogP contribution is -2.19. The number of carbonyl (C=O) groups is 1. The van der Waals surface area contributed by atoms with Crippen LogP contribution in [0.4, 0.5) is 0 Å². The van der Waals surface area contributed by atoms with Gasteiger partial charge in [-0.25, -0.2) is 0 Å². The van der Waals surface area contributed by atoms with E-state index < -0.39 is 0 Å². The van der Waals surface area contributed by atoms with Gasteiger partial charge in [0.25, 0.3) is 0 Å². The molecule has 4 nitrogen and oxygen atoms in total. The zero-order valence-electron chi connectivity index (χ0n) is 7.89. The van der Waals surface area contributed by atoms with Crippen molar-refractivity contribution in [1.29, 1.82) is 5.15 Å². The highest BCUT2D eigenvalue weighted by atomic mass is 31.0. The van der Waals surface area contributed by atoms with Crippen molar-refractivity contribution in [3.63, 3.8) is 0 Å². The van der Waals surface area contributed by atoms with Crippen molar-refractivity contribution in [3.8, 4) is 0 Å². The van der Waals surface area contributed by atoms with E-state index in [1.165, 1.54) is 0 Å². The molecule has 0 bridgehead atoms. The minimum Gasteiger partial charge on any atom is -0.381 e. The third kappa shape index (κ3) is 12.7. The Morgan fingerprint density at radius 1 is 1.91 bits per heavy atom. The van der Waals surface area contributed by atoms with Gasteiger partial charge < -0.3 is 10.1 Å². The molecule has 0 atom stereocenters. The van der Waals surface area contributed by atoms with Gasteiger partial charge in [0.2, 0.25) is 5.91 Å². The van der Waals surface area contributed by atoms with E-state index in [2.05, 4.69) is 19.5 Å². The van der Waals surface area contributed by atoms with Gasteiger partial charge in [0, 0.05) is 20.1 Å². The molecule has 0 aliphatic heterocycles. The average molecular weight is 179 g/mol. The van der Waals surface area contributed by atoms with E-state index in [1.807, 2.05) is 6.92 Å². The molecule has 2 N–H and O–H groups in total. The zero-order valence-corrected chi connectivity index (χ0v) is 7.89. The normalized spacial score (nSPS) is 8.73. The predicted molar refractivity (Wildman–Crippen MR) is 46.2 cm³/mol. The van der Waals surface area contributed by atoms with Crippen LogP contribution in [0.5, 0.6) is 0 Å². The second kappa shape index (κ2) is 12.2. The van der Waals surface area contributed by atoms with Gasteiger partial charge in [-0.1, -0.05) is 0 Å². The lowest BCUT2D eigenvalue weighted by Gasteiger charge is -1.98. The van der Waals surface area contributed by atoms with Crippen molar-refractivity contribution in [1.82, 2.24) is 5.32 Å². The number of ether oxygens (including phenoxy) is 1. The standard InChI is InChI=1S/C6H13NO2.H2NP/c1-3-9-5-4-6(8)7-2;1-2/h3-5H2,1-2H3,(H,7,8);1-2H/i/hD. The zero-order chi connectivity index (χ0) is 9.82. The molecule has 0 aliphatic rings. The van der Waals surface area contributed by atoms with Crippen LogP contribution >= 0.6 is 9.03 Å². The third-order valence-electron chi connectivity index (χ3n) is 0.956. The molecule has 0 aromatic carbocycles. The molecule has 0 unspecified atom stereocenters. The summed E-state index contributed by atoms with van der Waals surface area (Å²) in [6, 6.07) is 0. The Balaban J connectivity index is 0. The first-order chi connectivity index (χ1) is 5.72. The molecule has 0 radical (unpaired) electrons. The largest absolute Gasteiger partial charge is 0.381 e. The first-order valence-corrected chi connectivity index (χ1v) is 3.76. The lowest BCUT2D eigenvalue weighted by atomic mass is 10.4. The lowest BCUT2D eigenvalue weighted by molar-refractivity contribution is -0.121. The van der Waals surface area contributed by atoms with Gasteiger partial charge in [-0.2, -0.15) is 0 Å². The van der Waals surface area contributed by atoms with Gasteiger partial charge in [-0.15, -0.1) is 0 Å². The van der Waals surface area contributed by atoms with Gasteiger partial charge in [0.1, 0.15) is 0 Å². The molecule has 11 heavy (non-hydrogen) atoms. The van der Waals surface area contributed by atoms with Gasteiger partial charge >= 0.3 is 0 Å². The second-order valence-corrected chi connectivity index (χ2v) is 1.62. The molecule has 1 amide bonds. The summed E-state index contributed by atoms with van der Waals surface area (Å²) in [7, 11) is 4.09. The Morgan fingerprint density at radius 3 is 2.82 bits per heavy atom.